The Morgan fingerprint density at radius 1 is 1.20 bits per heavy atom. The van der Waals surface area contributed by atoms with E-state index in [1.54, 1.807) is 6.08 Å². The Bertz CT molecular complexity index is 733. The SMILES string of the molecule is C[C@@H]1OC(c2ccccc2)=N[C@]12C=CC(=O)C2O[Si](C)(C)C(C)(C)C. The Morgan fingerprint density at radius 3 is 2.44 bits per heavy atom. The summed E-state index contributed by atoms with van der Waals surface area (Å²) in [7, 11) is -2.12. The van der Waals surface area contributed by atoms with Gasteiger partial charge in [0.25, 0.3) is 0 Å². The standard InChI is InChI=1S/C20H27NO3Si/c1-14-20(21-18(23-14)15-10-8-7-9-11-15)13-12-16(22)17(20)24-25(5,6)19(2,3)4/h7-14,17H,1-6H3/t14-,17?,20+/m0/s1. The van der Waals surface area contributed by atoms with Crippen molar-refractivity contribution < 1.29 is 14.0 Å². The summed E-state index contributed by atoms with van der Waals surface area (Å²) in [5.74, 6) is 0.564. The smallest absolute Gasteiger partial charge is 0.217 e. The molecule has 0 saturated carbocycles. The highest BCUT2D eigenvalue weighted by Crippen LogP contribution is 2.43. The molecule has 134 valence electrons. The average Bonchev–Trinajstić information content (AvgIpc) is 3.03. The fourth-order valence-electron chi connectivity index (χ4n) is 2.96. The largest absolute Gasteiger partial charge is 0.471 e. The van der Waals surface area contributed by atoms with E-state index in [-0.39, 0.29) is 16.9 Å². The van der Waals surface area contributed by atoms with Crippen LogP contribution in [0.2, 0.25) is 18.1 Å². The average molecular weight is 358 g/mol. The monoisotopic (exact) mass is 357 g/mol. The third kappa shape index (κ3) is 3.00. The number of rotatable bonds is 3. The third-order valence-electron chi connectivity index (χ3n) is 5.67. The van der Waals surface area contributed by atoms with Crippen molar-refractivity contribution in [3.63, 3.8) is 0 Å². The first-order chi connectivity index (χ1) is 11.6. The molecular weight excluding hydrogens is 330 g/mol. The molecule has 1 spiro atoms. The molecule has 25 heavy (non-hydrogen) atoms. The van der Waals surface area contributed by atoms with Gasteiger partial charge in [0.05, 0.1) is 0 Å². The number of ether oxygens (including phenoxy) is 1. The van der Waals surface area contributed by atoms with Crippen molar-refractivity contribution in [3.8, 4) is 0 Å². The number of nitrogens with zero attached hydrogens (tertiary/aromatic N) is 1. The van der Waals surface area contributed by atoms with Crippen LogP contribution in [0.4, 0.5) is 0 Å². The van der Waals surface area contributed by atoms with Crippen molar-refractivity contribution in [2.24, 2.45) is 4.99 Å². The van der Waals surface area contributed by atoms with Crippen LogP contribution in [0.15, 0.2) is 47.5 Å². The third-order valence-corrected chi connectivity index (χ3v) is 10.1. The number of carbonyl (C=O) groups is 1. The lowest BCUT2D eigenvalue weighted by molar-refractivity contribution is -0.123. The van der Waals surface area contributed by atoms with Crippen LogP contribution in [0.25, 0.3) is 0 Å². The molecule has 0 radical (unpaired) electrons. The van der Waals surface area contributed by atoms with Gasteiger partial charge in [-0.1, -0.05) is 39.0 Å². The molecule has 1 aliphatic heterocycles. The van der Waals surface area contributed by atoms with Crippen molar-refractivity contribution in [2.45, 2.75) is 63.6 Å². The number of carbonyl (C=O) groups excluding carboxylic acids is 1. The molecule has 1 aromatic carbocycles. The van der Waals surface area contributed by atoms with E-state index < -0.39 is 20.0 Å². The zero-order valence-electron chi connectivity index (χ0n) is 15.9. The van der Waals surface area contributed by atoms with Crippen LogP contribution in [-0.4, -0.2) is 37.7 Å². The second-order valence-electron chi connectivity index (χ2n) is 8.42. The first-order valence-corrected chi connectivity index (χ1v) is 11.7. The van der Waals surface area contributed by atoms with Gasteiger partial charge >= 0.3 is 0 Å². The van der Waals surface area contributed by atoms with Crippen LogP contribution in [-0.2, 0) is 14.0 Å². The van der Waals surface area contributed by atoms with Crippen LogP contribution >= 0.6 is 0 Å². The minimum absolute atomic E-state index is 0.0154. The first kappa shape index (κ1) is 18.1. The van der Waals surface area contributed by atoms with Gasteiger partial charge in [-0.15, -0.1) is 0 Å². The van der Waals surface area contributed by atoms with Crippen molar-refractivity contribution in [1.82, 2.24) is 0 Å². The van der Waals surface area contributed by atoms with Gasteiger partial charge in [0.2, 0.25) is 5.90 Å². The van der Waals surface area contributed by atoms with Gasteiger partial charge in [0.15, 0.2) is 19.6 Å². The summed E-state index contributed by atoms with van der Waals surface area (Å²) in [6.07, 6.45) is 2.62. The molecule has 0 N–H and O–H groups in total. The number of hydrogen-bond acceptors (Lipinski definition) is 4. The molecular formula is C20H27NO3Si. The van der Waals surface area contributed by atoms with E-state index >= 15 is 0 Å². The molecule has 1 aliphatic carbocycles. The summed E-state index contributed by atoms with van der Waals surface area (Å²) < 4.78 is 12.6. The maximum Gasteiger partial charge on any atom is 0.217 e. The zero-order chi connectivity index (χ0) is 18.5. The summed E-state index contributed by atoms with van der Waals surface area (Å²) in [4.78, 5) is 17.5. The van der Waals surface area contributed by atoms with Gasteiger partial charge in [-0.05, 0) is 49.3 Å². The van der Waals surface area contributed by atoms with Crippen LogP contribution in [0.3, 0.4) is 0 Å². The summed E-state index contributed by atoms with van der Waals surface area (Å²) in [6, 6.07) is 9.80. The van der Waals surface area contributed by atoms with Gasteiger partial charge in [-0.3, -0.25) is 4.79 Å². The molecule has 3 atom stereocenters. The highest BCUT2D eigenvalue weighted by atomic mass is 28.4. The minimum Gasteiger partial charge on any atom is -0.471 e. The van der Waals surface area contributed by atoms with Gasteiger partial charge in [-0.25, -0.2) is 4.99 Å². The maximum absolute atomic E-state index is 12.6. The Balaban J connectivity index is 1.97. The lowest BCUT2D eigenvalue weighted by Gasteiger charge is -2.41. The summed E-state index contributed by atoms with van der Waals surface area (Å²) in [5.41, 5.74) is 0.155. The molecule has 1 heterocycles. The second-order valence-corrected chi connectivity index (χ2v) is 13.2. The van der Waals surface area contributed by atoms with Gasteiger partial charge < -0.3 is 9.16 Å². The maximum atomic E-state index is 12.6. The zero-order valence-corrected chi connectivity index (χ0v) is 16.9. The van der Waals surface area contributed by atoms with Gasteiger partial charge in [-0.2, -0.15) is 0 Å². The molecule has 2 aliphatic rings. The van der Waals surface area contributed by atoms with E-state index in [2.05, 4.69) is 33.9 Å². The van der Waals surface area contributed by atoms with E-state index in [9.17, 15) is 4.79 Å². The molecule has 0 bridgehead atoms. The van der Waals surface area contributed by atoms with Crippen LogP contribution in [0.1, 0.15) is 33.3 Å². The Hall–Kier alpha value is -1.72. The number of benzene rings is 1. The van der Waals surface area contributed by atoms with Crippen LogP contribution in [0.5, 0.6) is 0 Å². The van der Waals surface area contributed by atoms with Crippen LogP contribution < -0.4 is 0 Å². The lowest BCUT2D eigenvalue weighted by Crippen LogP contribution is -2.54. The highest BCUT2D eigenvalue weighted by molar-refractivity contribution is 6.74. The number of ketones is 1. The predicted octanol–water partition coefficient (Wildman–Crippen LogP) is 4.12. The lowest BCUT2D eigenvalue weighted by atomic mass is 9.91. The van der Waals surface area contributed by atoms with Crippen molar-refractivity contribution >= 4 is 20.0 Å². The van der Waals surface area contributed by atoms with Gasteiger partial charge in [0.1, 0.15) is 12.2 Å². The Kier molecular flexibility index (Phi) is 4.28. The first-order valence-electron chi connectivity index (χ1n) is 8.80. The molecule has 0 saturated heterocycles. The summed E-state index contributed by atoms with van der Waals surface area (Å²) >= 11 is 0. The van der Waals surface area contributed by atoms with E-state index in [1.165, 1.54) is 0 Å². The Labute approximate surface area is 151 Å². The van der Waals surface area contributed by atoms with E-state index in [1.807, 2.05) is 43.3 Å². The van der Waals surface area contributed by atoms with Crippen molar-refractivity contribution in [3.05, 3.63) is 48.0 Å². The fraction of sp³-hybridized carbons (Fsp3) is 0.500. The topological polar surface area (TPSA) is 47.9 Å². The molecule has 0 aromatic heterocycles. The summed E-state index contributed by atoms with van der Waals surface area (Å²) in [5, 5.41) is 0.0196. The second kappa shape index (κ2) is 5.92. The van der Waals surface area contributed by atoms with E-state index in [0.717, 1.165) is 5.56 Å². The van der Waals surface area contributed by atoms with Crippen LogP contribution in [0, 0.1) is 0 Å². The molecule has 1 unspecified atom stereocenters. The number of hydrogen-bond donors (Lipinski definition) is 0. The highest BCUT2D eigenvalue weighted by Gasteiger charge is 2.56. The minimum atomic E-state index is -2.12. The van der Waals surface area contributed by atoms with E-state index in [4.69, 9.17) is 14.2 Å². The molecule has 0 fully saturated rings. The van der Waals surface area contributed by atoms with Crippen molar-refractivity contribution in [1.29, 1.82) is 0 Å². The normalized spacial score (nSPS) is 29.2. The Morgan fingerprint density at radius 2 is 1.84 bits per heavy atom. The van der Waals surface area contributed by atoms with Crippen molar-refractivity contribution in [2.75, 3.05) is 0 Å². The molecule has 3 rings (SSSR count). The molecule has 5 heteroatoms. The molecule has 1 aromatic rings. The number of aliphatic imine (C=N–C) groups is 1. The molecule has 0 amide bonds. The summed E-state index contributed by atoms with van der Waals surface area (Å²) in [6.45, 7) is 12.8. The van der Waals surface area contributed by atoms with Gasteiger partial charge in [0, 0.05) is 5.56 Å². The van der Waals surface area contributed by atoms with E-state index in [0.29, 0.717) is 5.90 Å². The quantitative estimate of drug-likeness (QED) is 0.765. The fourth-order valence-corrected chi connectivity index (χ4v) is 4.20. The predicted molar refractivity (Wildman–Crippen MR) is 102 cm³/mol. The molecule has 4 nitrogen and oxygen atoms in total.